The summed E-state index contributed by atoms with van der Waals surface area (Å²) in [6.45, 7) is 4.80. The summed E-state index contributed by atoms with van der Waals surface area (Å²) in [5.74, 6) is 1.22. The number of anilines is 1. The summed E-state index contributed by atoms with van der Waals surface area (Å²) in [7, 11) is 6.35. The highest BCUT2D eigenvalue weighted by molar-refractivity contribution is 5.50. The molecule has 1 aliphatic rings. The van der Waals surface area contributed by atoms with E-state index in [1.54, 1.807) is 0 Å². The van der Waals surface area contributed by atoms with Crippen LogP contribution in [-0.2, 0) is 13.6 Å². The van der Waals surface area contributed by atoms with E-state index in [2.05, 4.69) is 29.0 Å². The number of rotatable bonds is 3. The van der Waals surface area contributed by atoms with Crippen molar-refractivity contribution in [1.82, 2.24) is 14.7 Å². The number of nitrogens with two attached hydrogens (primary N) is 1. The number of nitrogens with zero attached hydrogens (tertiary/aromatic N) is 4. The van der Waals surface area contributed by atoms with E-state index in [0.29, 0.717) is 12.6 Å². The van der Waals surface area contributed by atoms with Crippen molar-refractivity contribution in [1.29, 1.82) is 0 Å². The molecule has 0 radical (unpaired) electrons. The van der Waals surface area contributed by atoms with Crippen LogP contribution in [0.25, 0.3) is 0 Å². The third-order valence-corrected chi connectivity index (χ3v) is 4.01. The van der Waals surface area contributed by atoms with Crippen LogP contribution in [0.2, 0.25) is 0 Å². The zero-order valence-electron chi connectivity index (χ0n) is 12.0. The van der Waals surface area contributed by atoms with E-state index in [-0.39, 0.29) is 0 Å². The normalized spacial score (nSPS) is 17.8. The van der Waals surface area contributed by atoms with Crippen molar-refractivity contribution in [2.24, 2.45) is 12.8 Å². The number of hydrogen-bond donors (Lipinski definition) is 1. The van der Waals surface area contributed by atoms with Crippen LogP contribution in [0.15, 0.2) is 0 Å². The second-order valence-electron chi connectivity index (χ2n) is 5.40. The van der Waals surface area contributed by atoms with Crippen LogP contribution >= 0.6 is 0 Å². The fourth-order valence-electron chi connectivity index (χ4n) is 2.92. The number of piperidine rings is 1. The van der Waals surface area contributed by atoms with E-state index in [4.69, 9.17) is 5.73 Å². The van der Waals surface area contributed by atoms with Crippen molar-refractivity contribution in [3.63, 3.8) is 0 Å². The average Bonchev–Trinajstić information content (AvgIpc) is 2.63. The van der Waals surface area contributed by atoms with Crippen LogP contribution in [0, 0.1) is 6.92 Å². The van der Waals surface area contributed by atoms with Crippen molar-refractivity contribution in [3.05, 3.63) is 11.3 Å². The van der Waals surface area contributed by atoms with Crippen molar-refractivity contribution in [2.75, 3.05) is 32.1 Å². The van der Waals surface area contributed by atoms with E-state index < -0.39 is 0 Å². The summed E-state index contributed by atoms with van der Waals surface area (Å²) >= 11 is 0. The summed E-state index contributed by atoms with van der Waals surface area (Å²) in [6.07, 6.45) is 2.42. The molecule has 0 aliphatic carbocycles. The number of aromatic nitrogens is 2. The third-order valence-electron chi connectivity index (χ3n) is 4.01. The van der Waals surface area contributed by atoms with Crippen molar-refractivity contribution in [2.45, 2.75) is 32.4 Å². The quantitative estimate of drug-likeness (QED) is 0.860. The van der Waals surface area contributed by atoms with Gasteiger partial charge in [0.05, 0.1) is 5.69 Å². The first-order chi connectivity index (χ1) is 8.54. The Hall–Kier alpha value is -1.07. The first-order valence-corrected chi connectivity index (χ1v) is 6.68. The van der Waals surface area contributed by atoms with Crippen LogP contribution in [0.4, 0.5) is 5.82 Å². The van der Waals surface area contributed by atoms with Gasteiger partial charge in [0.25, 0.3) is 0 Å². The molecule has 2 rings (SSSR count). The Morgan fingerprint density at radius 2 is 1.94 bits per heavy atom. The molecule has 1 aliphatic heterocycles. The minimum absolute atomic E-state index is 0.572. The van der Waals surface area contributed by atoms with Gasteiger partial charge in [0, 0.05) is 38.3 Å². The van der Waals surface area contributed by atoms with E-state index in [0.717, 1.165) is 18.8 Å². The molecule has 1 saturated heterocycles. The number of aryl methyl sites for hydroxylation is 2. The van der Waals surface area contributed by atoms with Crippen molar-refractivity contribution < 1.29 is 0 Å². The number of hydrogen-bond acceptors (Lipinski definition) is 4. The van der Waals surface area contributed by atoms with Crippen molar-refractivity contribution >= 4 is 5.82 Å². The molecule has 2 N–H and O–H groups in total. The molecule has 0 saturated carbocycles. The van der Waals surface area contributed by atoms with Gasteiger partial charge >= 0.3 is 0 Å². The Morgan fingerprint density at radius 1 is 1.33 bits per heavy atom. The maximum atomic E-state index is 5.86. The SMILES string of the molecule is Cc1nn(C)c(N2CCC(N(C)C)CC2)c1CN. The molecule has 0 atom stereocenters. The molecule has 1 aromatic heterocycles. The molecule has 0 bridgehead atoms. The van der Waals surface area contributed by atoms with Gasteiger partial charge in [-0.1, -0.05) is 0 Å². The minimum atomic E-state index is 0.572. The predicted molar refractivity (Wildman–Crippen MR) is 74.8 cm³/mol. The highest BCUT2D eigenvalue weighted by Crippen LogP contribution is 2.26. The molecule has 0 unspecified atom stereocenters. The first kappa shape index (κ1) is 13.4. The molecule has 5 heteroatoms. The summed E-state index contributed by atoms with van der Waals surface area (Å²) in [5.41, 5.74) is 8.11. The molecule has 2 heterocycles. The molecule has 1 aromatic rings. The van der Waals surface area contributed by atoms with Gasteiger partial charge in [0.1, 0.15) is 5.82 Å². The van der Waals surface area contributed by atoms with Gasteiger partial charge in [-0.15, -0.1) is 0 Å². The molecule has 0 aromatic carbocycles. The lowest BCUT2D eigenvalue weighted by atomic mass is 10.0. The highest BCUT2D eigenvalue weighted by Gasteiger charge is 2.25. The topological polar surface area (TPSA) is 50.3 Å². The zero-order valence-corrected chi connectivity index (χ0v) is 12.0. The molecule has 18 heavy (non-hydrogen) atoms. The lowest BCUT2D eigenvalue weighted by Crippen LogP contribution is -2.43. The Balaban J connectivity index is 2.14. The fourth-order valence-corrected chi connectivity index (χ4v) is 2.92. The predicted octanol–water partition coefficient (Wildman–Crippen LogP) is 0.718. The highest BCUT2D eigenvalue weighted by atomic mass is 15.4. The van der Waals surface area contributed by atoms with E-state index in [1.165, 1.54) is 24.2 Å². The van der Waals surface area contributed by atoms with E-state index in [9.17, 15) is 0 Å². The third kappa shape index (κ3) is 2.37. The van der Waals surface area contributed by atoms with Gasteiger partial charge in [-0.3, -0.25) is 4.68 Å². The molecule has 102 valence electrons. The molecule has 5 nitrogen and oxygen atoms in total. The molecule has 0 amide bonds. The zero-order chi connectivity index (χ0) is 13.3. The molecule has 1 fully saturated rings. The van der Waals surface area contributed by atoms with Gasteiger partial charge in [0.2, 0.25) is 0 Å². The Kier molecular flexibility index (Phi) is 3.92. The Labute approximate surface area is 110 Å². The van der Waals surface area contributed by atoms with Gasteiger partial charge < -0.3 is 15.5 Å². The second kappa shape index (κ2) is 5.28. The summed E-state index contributed by atoms with van der Waals surface area (Å²) in [6, 6.07) is 0.705. The van der Waals surface area contributed by atoms with Crippen LogP contribution < -0.4 is 10.6 Å². The lowest BCUT2D eigenvalue weighted by Gasteiger charge is -2.36. The Bertz CT molecular complexity index is 402. The lowest BCUT2D eigenvalue weighted by molar-refractivity contribution is 0.249. The average molecular weight is 251 g/mol. The largest absolute Gasteiger partial charge is 0.356 e. The second-order valence-corrected chi connectivity index (χ2v) is 5.40. The van der Waals surface area contributed by atoms with Gasteiger partial charge in [-0.05, 0) is 33.9 Å². The van der Waals surface area contributed by atoms with Gasteiger partial charge in [0.15, 0.2) is 0 Å². The molecular weight excluding hydrogens is 226 g/mol. The van der Waals surface area contributed by atoms with Crippen LogP contribution in [-0.4, -0.2) is 47.9 Å². The summed E-state index contributed by atoms with van der Waals surface area (Å²) in [4.78, 5) is 4.76. The van der Waals surface area contributed by atoms with Crippen molar-refractivity contribution in [3.8, 4) is 0 Å². The smallest absolute Gasteiger partial charge is 0.131 e. The monoisotopic (exact) mass is 251 g/mol. The maximum Gasteiger partial charge on any atom is 0.131 e. The molecule has 0 spiro atoms. The maximum absolute atomic E-state index is 5.86. The standard InChI is InChI=1S/C13H25N5/c1-10-12(9-14)13(17(4)15-10)18-7-5-11(6-8-18)16(2)3/h11H,5-9,14H2,1-4H3. The van der Waals surface area contributed by atoms with Crippen LogP contribution in [0.5, 0.6) is 0 Å². The van der Waals surface area contributed by atoms with Gasteiger partial charge in [-0.2, -0.15) is 5.10 Å². The van der Waals surface area contributed by atoms with Gasteiger partial charge in [-0.25, -0.2) is 0 Å². The Morgan fingerprint density at radius 3 is 2.44 bits per heavy atom. The summed E-state index contributed by atoms with van der Waals surface area (Å²) < 4.78 is 1.98. The first-order valence-electron chi connectivity index (χ1n) is 6.68. The van der Waals surface area contributed by atoms with Crippen LogP contribution in [0.1, 0.15) is 24.1 Å². The van der Waals surface area contributed by atoms with E-state index >= 15 is 0 Å². The molecular formula is C13H25N5. The van der Waals surface area contributed by atoms with E-state index in [1.807, 2.05) is 18.7 Å². The summed E-state index contributed by atoms with van der Waals surface area (Å²) in [5, 5.41) is 4.50. The minimum Gasteiger partial charge on any atom is -0.356 e. The van der Waals surface area contributed by atoms with Crippen LogP contribution in [0.3, 0.4) is 0 Å². The fraction of sp³-hybridized carbons (Fsp3) is 0.769.